The van der Waals surface area contributed by atoms with Crippen LogP contribution < -0.4 is 10.2 Å². The van der Waals surface area contributed by atoms with Gasteiger partial charge in [0, 0.05) is 24.7 Å². The highest BCUT2D eigenvalue weighted by Gasteiger charge is 2.38. The van der Waals surface area contributed by atoms with E-state index in [1.54, 1.807) is 17.7 Å². The third-order valence-corrected chi connectivity index (χ3v) is 7.26. The van der Waals surface area contributed by atoms with Crippen LogP contribution in [0.2, 0.25) is 5.02 Å². The average molecular weight is 509 g/mol. The smallest absolute Gasteiger partial charge is 0.318 e. The molecule has 3 heterocycles. The van der Waals surface area contributed by atoms with Crippen LogP contribution in [0.3, 0.4) is 0 Å². The number of aromatic nitrogens is 2. The number of benzene rings is 1. The lowest BCUT2D eigenvalue weighted by Gasteiger charge is -2.47. The molecular formula is C21H23BrClN5OS. The Morgan fingerprint density at radius 1 is 1.30 bits per heavy atom. The van der Waals surface area contributed by atoms with Crippen molar-refractivity contribution in [2.75, 3.05) is 24.5 Å². The molecule has 1 N–H and O–H groups in total. The summed E-state index contributed by atoms with van der Waals surface area (Å²) in [5.41, 5.74) is 1.56. The maximum atomic E-state index is 13.1. The predicted octanol–water partition coefficient (Wildman–Crippen LogP) is 5.48. The number of fused-ring (bicyclic) bond motifs is 1. The number of halogens is 2. The lowest BCUT2D eigenvalue weighted by atomic mass is 9.99. The quantitative estimate of drug-likeness (QED) is 0.509. The number of nitrogens with one attached hydrogen (secondary N) is 1. The number of urea groups is 1. The van der Waals surface area contributed by atoms with Crippen molar-refractivity contribution < 1.29 is 4.79 Å². The van der Waals surface area contributed by atoms with Crippen molar-refractivity contribution in [1.29, 1.82) is 0 Å². The molecule has 3 aromatic rings. The first-order chi connectivity index (χ1) is 14.2. The number of piperazine rings is 1. The molecular weight excluding hydrogens is 486 g/mol. The van der Waals surface area contributed by atoms with Crippen LogP contribution in [0.25, 0.3) is 10.2 Å². The fourth-order valence-electron chi connectivity index (χ4n) is 3.87. The van der Waals surface area contributed by atoms with Gasteiger partial charge in [0.15, 0.2) is 0 Å². The number of carbonyl (C=O) groups excluding carboxylic acids is 1. The van der Waals surface area contributed by atoms with Gasteiger partial charge in [-0.1, -0.05) is 23.7 Å². The topological polar surface area (TPSA) is 61.4 Å². The zero-order valence-corrected chi connectivity index (χ0v) is 20.2. The van der Waals surface area contributed by atoms with Gasteiger partial charge in [-0.15, -0.1) is 11.3 Å². The van der Waals surface area contributed by atoms with Gasteiger partial charge in [0.05, 0.1) is 25.6 Å². The van der Waals surface area contributed by atoms with E-state index in [0.717, 1.165) is 25.4 Å². The number of anilines is 1. The monoisotopic (exact) mass is 507 g/mol. The van der Waals surface area contributed by atoms with Crippen LogP contribution in [0, 0.1) is 0 Å². The summed E-state index contributed by atoms with van der Waals surface area (Å²) < 4.78 is 2.10. The van der Waals surface area contributed by atoms with Gasteiger partial charge in [-0.3, -0.25) is 0 Å². The molecule has 0 unspecified atom stereocenters. The zero-order chi connectivity index (χ0) is 21.5. The minimum Gasteiger partial charge on any atom is -0.351 e. The summed E-state index contributed by atoms with van der Waals surface area (Å²) in [6.07, 6.45) is 1.61. The molecule has 30 heavy (non-hydrogen) atoms. The number of hydrogen-bond acceptors (Lipinski definition) is 5. The van der Waals surface area contributed by atoms with Crippen molar-refractivity contribution in [1.82, 2.24) is 20.2 Å². The van der Waals surface area contributed by atoms with Gasteiger partial charge in [-0.2, -0.15) is 0 Å². The van der Waals surface area contributed by atoms with Crippen LogP contribution in [-0.4, -0.2) is 46.1 Å². The van der Waals surface area contributed by atoms with Crippen molar-refractivity contribution in [2.24, 2.45) is 0 Å². The standard InChI is InChI=1S/C21H23BrClN5OS/c1-13(14-5-4-6-15(23)9-14)26-20(29)28-8-7-27(11-21(28,2)3)19-18-16(24-12-25-19)10-17(22)30-18/h4-6,9-10,12-13H,7-8,11H2,1-3H3,(H,26,29)/t13-/m0/s1. The van der Waals surface area contributed by atoms with Crippen LogP contribution in [0.15, 0.2) is 40.4 Å². The van der Waals surface area contributed by atoms with Gasteiger partial charge in [-0.25, -0.2) is 14.8 Å². The van der Waals surface area contributed by atoms with E-state index in [1.807, 2.05) is 42.2 Å². The second-order valence-corrected chi connectivity index (χ2v) is 10.9. The molecule has 0 spiro atoms. The van der Waals surface area contributed by atoms with Gasteiger partial charge in [0.1, 0.15) is 12.1 Å². The van der Waals surface area contributed by atoms with E-state index in [4.69, 9.17) is 11.6 Å². The Hall–Kier alpha value is -1.90. The molecule has 6 nitrogen and oxygen atoms in total. The van der Waals surface area contributed by atoms with Crippen molar-refractivity contribution in [3.63, 3.8) is 0 Å². The summed E-state index contributed by atoms with van der Waals surface area (Å²) >= 11 is 11.3. The van der Waals surface area contributed by atoms with E-state index in [9.17, 15) is 4.79 Å². The Morgan fingerprint density at radius 3 is 2.83 bits per heavy atom. The van der Waals surface area contributed by atoms with Crippen molar-refractivity contribution >= 4 is 60.9 Å². The summed E-state index contributed by atoms with van der Waals surface area (Å²) in [5, 5.41) is 3.78. The Kier molecular flexibility index (Phi) is 5.92. The Balaban J connectivity index is 1.49. The molecule has 1 fully saturated rings. The Morgan fingerprint density at radius 2 is 2.10 bits per heavy atom. The molecule has 1 aliphatic rings. The van der Waals surface area contributed by atoms with Crippen LogP contribution in [0.5, 0.6) is 0 Å². The minimum atomic E-state index is -0.359. The molecule has 1 aromatic carbocycles. The fraction of sp³-hybridized carbons (Fsp3) is 0.381. The fourth-order valence-corrected chi connectivity index (χ4v) is 5.63. The molecule has 2 amide bonds. The number of hydrogen-bond donors (Lipinski definition) is 1. The largest absolute Gasteiger partial charge is 0.351 e. The van der Waals surface area contributed by atoms with Gasteiger partial charge in [0.25, 0.3) is 0 Å². The van der Waals surface area contributed by atoms with Crippen LogP contribution in [0.1, 0.15) is 32.4 Å². The molecule has 4 rings (SSSR count). The summed E-state index contributed by atoms with van der Waals surface area (Å²) in [6, 6.07) is 9.40. The summed E-state index contributed by atoms with van der Waals surface area (Å²) in [7, 11) is 0. The molecule has 1 aliphatic heterocycles. The van der Waals surface area contributed by atoms with Crippen LogP contribution >= 0.6 is 38.9 Å². The van der Waals surface area contributed by atoms with E-state index < -0.39 is 0 Å². The number of carbonyl (C=O) groups is 1. The van der Waals surface area contributed by atoms with Gasteiger partial charge >= 0.3 is 6.03 Å². The highest BCUT2D eigenvalue weighted by atomic mass is 79.9. The third-order valence-electron chi connectivity index (χ3n) is 5.40. The van der Waals surface area contributed by atoms with E-state index in [2.05, 4.69) is 50.0 Å². The molecule has 0 saturated carbocycles. The summed E-state index contributed by atoms with van der Waals surface area (Å²) in [5.74, 6) is 0.927. The Bertz CT molecular complexity index is 1090. The average Bonchev–Trinajstić information content (AvgIpc) is 3.07. The summed E-state index contributed by atoms with van der Waals surface area (Å²) in [4.78, 5) is 26.1. The number of amides is 2. The van der Waals surface area contributed by atoms with Crippen molar-refractivity contribution in [2.45, 2.75) is 32.4 Å². The van der Waals surface area contributed by atoms with Gasteiger partial charge < -0.3 is 15.1 Å². The highest BCUT2D eigenvalue weighted by molar-refractivity contribution is 9.11. The first kappa shape index (κ1) is 21.3. The lowest BCUT2D eigenvalue weighted by Crippen LogP contribution is -2.63. The minimum absolute atomic E-state index is 0.0705. The second-order valence-electron chi connectivity index (χ2n) is 8.07. The summed E-state index contributed by atoms with van der Waals surface area (Å²) in [6.45, 7) is 8.16. The zero-order valence-electron chi connectivity index (χ0n) is 17.0. The number of rotatable bonds is 3. The van der Waals surface area contributed by atoms with Gasteiger partial charge in [-0.05, 0) is 60.5 Å². The normalized spacial score (nSPS) is 17.2. The molecule has 0 bridgehead atoms. The van der Waals surface area contributed by atoms with Crippen LogP contribution in [-0.2, 0) is 0 Å². The molecule has 1 saturated heterocycles. The number of nitrogens with zero attached hydrogens (tertiary/aromatic N) is 4. The third kappa shape index (κ3) is 4.26. The molecule has 0 radical (unpaired) electrons. The molecule has 1 atom stereocenters. The maximum Gasteiger partial charge on any atom is 0.318 e. The SMILES string of the molecule is C[C@H](NC(=O)N1CCN(c2ncnc3cc(Br)sc23)CC1(C)C)c1cccc(Cl)c1. The van der Waals surface area contributed by atoms with E-state index in [-0.39, 0.29) is 17.6 Å². The van der Waals surface area contributed by atoms with E-state index in [1.165, 1.54) is 0 Å². The van der Waals surface area contributed by atoms with Crippen molar-refractivity contribution in [3.05, 3.63) is 51.0 Å². The lowest BCUT2D eigenvalue weighted by molar-refractivity contribution is 0.121. The molecule has 2 aromatic heterocycles. The van der Waals surface area contributed by atoms with E-state index >= 15 is 0 Å². The maximum absolute atomic E-state index is 13.1. The second kappa shape index (κ2) is 8.32. The molecule has 9 heteroatoms. The van der Waals surface area contributed by atoms with Gasteiger partial charge in [0.2, 0.25) is 0 Å². The first-order valence-electron chi connectivity index (χ1n) is 9.73. The first-order valence-corrected chi connectivity index (χ1v) is 11.7. The van der Waals surface area contributed by atoms with Crippen LogP contribution in [0.4, 0.5) is 10.6 Å². The van der Waals surface area contributed by atoms with Crippen molar-refractivity contribution in [3.8, 4) is 0 Å². The molecule has 158 valence electrons. The highest BCUT2D eigenvalue weighted by Crippen LogP contribution is 2.36. The predicted molar refractivity (Wildman–Crippen MR) is 127 cm³/mol. The van der Waals surface area contributed by atoms with E-state index in [0.29, 0.717) is 24.7 Å². The number of thiophene rings is 1. The molecule has 0 aliphatic carbocycles. The Labute approximate surface area is 193 Å².